The van der Waals surface area contributed by atoms with Crippen LogP contribution in [-0.2, 0) is 12.8 Å². The topological polar surface area (TPSA) is 15.6 Å². The monoisotopic (exact) mass is 392 g/mol. The zero-order chi connectivity index (χ0) is 20.5. The van der Waals surface area contributed by atoms with Crippen LogP contribution in [0.25, 0.3) is 0 Å². The lowest BCUT2D eigenvalue weighted by atomic mass is 10.0. The van der Waals surface area contributed by atoms with Crippen LogP contribution in [0.4, 0.5) is 10.1 Å². The van der Waals surface area contributed by atoms with Gasteiger partial charge >= 0.3 is 0 Å². The zero-order valence-corrected chi connectivity index (χ0v) is 17.8. The number of halogens is 1. The number of aryl methyl sites for hydroxylation is 2. The molecule has 2 aromatic carbocycles. The van der Waals surface area contributed by atoms with E-state index >= 15 is 0 Å². The summed E-state index contributed by atoms with van der Waals surface area (Å²) >= 11 is 0. The molecule has 0 spiro atoms. The lowest BCUT2D eigenvalue weighted by molar-refractivity contribution is 0.620. The predicted octanol–water partition coefficient (Wildman–Crippen LogP) is 7.07. The van der Waals surface area contributed by atoms with Crippen LogP contribution in [0.5, 0.6) is 0 Å². The molecule has 0 bridgehead atoms. The van der Waals surface area contributed by atoms with Crippen LogP contribution in [0.2, 0.25) is 0 Å². The van der Waals surface area contributed by atoms with Gasteiger partial charge in [-0.1, -0.05) is 57.7 Å². The largest absolute Gasteiger partial charge is 0.322 e. The van der Waals surface area contributed by atoms with Crippen molar-refractivity contribution in [1.82, 2.24) is 0 Å². The van der Waals surface area contributed by atoms with Gasteiger partial charge in [-0.25, -0.2) is 9.38 Å². The molecule has 0 atom stereocenters. The summed E-state index contributed by atoms with van der Waals surface area (Å²) in [6.45, 7) is 5.11. The Balaban J connectivity index is 1.76. The average Bonchev–Trinajstić information content (AvgIpc) is 2.75. The minimum Gasteiger partial charge on any atom is -0.322 e. The van der Waals surface area contributed by atoms with Crippen LogP contribution in [0.3, 0.4) is 0 Å². The average molecular weight is 393 g/mol. The van der Waals surface area contributed by atoms with Gasteiger partial charge in [0.1, 0.15) is 11.7 Å². The van der Waals surface area contributed by atoms with E-state index in [0.29, 0.717) is 17.9 Å². The molecule has 1 heterocycles. The van der Waals surface area contributed by atoms with E-state index in [4.69, 9.17) is 0 Å². The molecule has 2 aromatic rings. The summed E-state index contributed by atoms with van der Waals surface area (Å²) in [5, 5.41) is 0. The summed E-state index contributed by atoms with van der Waals surface area (Å²) in [5.41, 5.74) is 4.05. The van der Waals surface area contributed by atoms with E-state index in [1.54, 1.807) is 12.3 Å². The van der Waals surface area contributed by atoms with E-state index in [0.717, 1.165) is 30.5 Å². The van der Waals surface area contributed by atoms with Crippen molar-refractivity contribution in [3.05, 3.63) is 77.2 Å². The van der Waals surface area contributed by atoms with Crippen molar-refractivity contribution in [2.45, 2.75) is 65.2 Å². The van der Waals surface area contributed by atoms with Crippen molar-refractivity contribution in [2.24, 2.45) is 4.99 Å². The normalized spacial score (nSPS) is 13.6. The Hall–Kier alpha value is -2.42. The van der Waals surface area contributed by atoms with Gasteiger partial charge in [0.2, 0.25) is 0 Å². The molecule has 1 aliphatic heterocycles. The third kappa shape index (κ3) is 5.79. The first-order chi connectivity index (χ1) is 14.2. The molecule has 3 rings (SSSR count). The lowest BCUT2D eigenvalue weighted by Crippen LogP contribution is -2.34. The van der Waals surface area contributed by atoms with Crippen LogP contribution >= 0.6 is 0 Å². The van der Waals surface area contributed by atoms with Crippen molar-refractivity contribution < 1.29 is 4.39 Å². The molecule has 0 fully saturated rings. The van der Waals surface area contributed by atoms with Gasteiger partial charge in [-0.05, 0) is 67.2 Å². The van der Waals surface area contributed by atoms with E-state index in [2.05, 4.69) is 48.0 Å². The Morgan fingerprint density at radius 2 is 1.52 bits per heavy atom. The molecule has 3 heteroatoms. The Labute approximate surface area is 175 Å². The number of hydrogen-bond donors (Lipinski definition) is 0. The molecule has 0 unspecified atom stereocenters. The highest BCUT2D eigenvalue weighted by Gasteiger charge is 2.20. The minimum absolute atomic E-state index is 0.186. The fourth-order valence-corrected chi connectivity index (χ4v) is 3.77. The molecule has 154 valence electrons. The second-order valence-electron chi connectivity index (χ2n) is 7.84. The van der Waals surface area contributed by atoms with Crippen molar-refractivity contribution in [3.8, 4) is 0 Å². The summed E-state index contributed by atoms with van der Waals surface area (Å²) in [7, 11) is 0. The quantitative estimate of drug-likeness (QED) is 0.395. The number of hydrogen-bond acceptors (Lipinski definition) is 2. The van der Waals surface area contributed by atoms with Gasteiger partial charge < -0.3 is 4.90 Å². The number of anilines is 1. The van der Waals surface area contributed by atoms with E-state index in [1.807, 2.05) is 18.2 Å². The highest BCUT2D eigenvalue weighted by Crippen LogP contribution is 2.24. The maximum atomic E-state index is 14.9. The summed E-state index contributed by atoms with van der Waals surface area (Å²) in [6, 6.07) is 14.3. The zero-order valence-electron chi connectivity index (χ0n) is 17.8. The highest BCUT2D eigenvalue weighted by molar-refractivity contribution is 6.11. The minimum atomic E-state index is -0.186. The van der Waals surface area contributed by atoms with Crippen LogP contribution in [0.1, 0.15) is 69.1 Å². The van der Waals surface area contributed by atoms with Crippen molar-refractivity contribution in [2.75, 3.05) is 11.4 Å². The SMILES string of the molecule is CCCCCc1ccc(N2CC=CN=C2c2ccc(CCCCC)cc2F)cc1. The number of aliphatic imine (C=N–C) groups is 1. The standard InChI is InChI=1S/C26H33FN2/c1-3-5-7-10-21-12-15-23(16-13-21)29-19-9-18-28-26(29)24-17-14-22(20-25(24)27)11-8-6-4-2/h9,12-18,20H,3-8,10-11,19H2,1-2H3. The third-order valence-electron chi connectivity index (χ3n) is 5.51. The van der Waals surface area contributed by atoms with Gasteiger partial charge in [0.05, 0.1) is 5.56 Å². The van der Waals surface area contributed by atoms with Gasteiger partial charge in [-0.2, -0.15) is 0 Å². The third-order valence-corrected chi connectivity index (χ3v) is 5.51. The maximum absolute atomic E-state index is 14.9. The van der Waals surface area contributed by atoms with E-state index < -0.39 is 0 Å². The van der Waals surface area contributed by atoms with E-state index in [1.165, 1.54) is 37.7 Å². The number of rotatable bonds is 10. The number of benzene rings is 2. The van der Waals surface area contributed by atoms with Gasteiger partial charge in [0.25, 0.3) is 0 Å². The molecule has 2 nitrogen and oxygen atoms in total. The van der Waals surface area contributed by atoms with Gasteiger partial charge in [-0.3, -0.25) is 0 Å². The highest BCUT2D eigenvalue weighted by atomic mass is 19.1. The first kappa shape index (κ1) is 21.3. The fourth-order valence-electron chi connectivity index (χ4n) is 3.77. The van der Waals surface area contributed by atoms with Crippen LogP contribution in [-0.4, -0.2) is 12.4 Å². The van der Waals surface area contributed by atoms with Crippen molar-refractivity contribution in [1.29, 1.82) is 0 Å². The first-order valence-corrected chi connectivity index (χ1v) is 11.1. The van der Waals surface area contributed by atoms with Crippen LogP contribution in [0.15, 0.2) is 59.7 Å². The molecule has 1 aliphatic rings. The number of amidine groups is 1. The van der Waals surface area contributed by atoms with Gasteiger partial charge in [0, 0.05) is 18.4 Å². The van der Waals surface area contributed by atoms with E-state index in [-0.39, 0.29) is 5.82 Å². The Kier molecular flexibility index (Phi) is 8.03. The van der Waals surface area contributed by atoms with Crippen molar-refractivity contribution in [3.63, 3.8) is 0 Å². The first-order valence-electron chi connectivity index (χ1n) is 11.1. The van der Waals surface area contributed by atoms with Crippen LogP contribution in [0, 0.1) is 5.82 Å². The van der Waals surface area contributed by atoms with Gasteiger partial charge in [0.15, 0.2) is 0 Å². The fraction of sp³-hybridized carbons (Fsp3) is 0.423. The Morgan fingerprint density at radius 3 is 2.17 bits per heavy atom. The summed E-state index contributed by atoms with van der Waals surface area (Å²) in [4.78, 5) is 6.62. The summed E-state index contributed by atoms with van der Waals surface area (Å²) < 4.78 is 14.9. The number of unbranched alkanes of at least 4 members (excludes halogenated alkanes) is 4. The molecule has 29 heavy (non-hydrogen) atoms. The predicted molar refractivity (Wildman–Crippen MR) is 122 cm³/mol. The van der Waals surface area contributed by atoms with E-state index in [9.17, 15) is 4.39 Å². The lowest BCUT2D eigenvalue weighted by Gasteiger charge is -2.27. The molecule has 0 saturated carbocycles. The second kappa shape index (κ2) is 10.9. The molecule has 0 aromatic heterocycles. The smallest absolute Gasteiger partial charge is 0.143 e. The van der Waals surface area contributed by atoms with Gasteiger partial charge in [-0.15, -0.1) is 0 Å². The number of nitrogens with zero attached hydrogens (tertiary/aromatic N) is 2. The molecule has 0 radical (unpaired) electrons. The molecule has 0 saturated heterocycles. The molecular formula is C26H33FN2. The summed E-state index contributed by atoms with van der Waals surface area (Å²) in [5.74, 6) is 0.498. The summed E-state index contributed by atoms with van der Waals surface area (Å²) in [6.07, 6.45) is 13.0. The maximum Gasteiger partial charge on any atom is 0.143 e. The molecule has 0 amide bonds. The van der Waals surface area contributed by atoms with Crippen molar-refractivity contribution >= 4 is 11.5 Å². The molecule has 0 aliphatic carbocycles. The molecular weight excluding hydrogens is 359 g/mol. The Bertz CT molecular complexity index is 836. The Morgan fingerprint density at radius 1 is 0.862 bits per heavy atom. The second-order valence-corrected chi connectivity index (χ2v) is 7.84. The van der Waals surface area contributed by atoms with Crippen LogP contribution < -0.4 is 4.90 Å². The molecule has 0 N–H and O–H groups in total.